The van der Waals surface area contributed by atoms with Gasteiger partial charge in [-0.1, -0.05) is 12.1 Å². The molecule has 1 aliphatic carbocycles. The maximum absolute atomic E-state index is 14.8. The highest BCUT2D eigenvalue weighted by molar-refractivity contribution is 5.94. The van der Waals surface area contributed by atoms with Crippen molar-refractivity contribution in [2.75, 3.05) is 23.8 Å². The Bertz CT molecular complexity index is 1550. The molecule has 1 aromatic carbocycles. The summed E-state index contributed by atoms with van der Waals surface area (Å²) < 4.78 is 30.0. The molecule has 6 rings (SSSR count). The Morgan fingerprint density at radius 2 is 2.05 bits per heavy atom. The molecule has 11 heteroatoms. The third-order valence-electron chi connectivity index (χ3n) is 7.02. The molecule has 3 aromatic heterocycles. The first kappa shape index (κ1) is 23.0. The lowest BCUT2D eigenvalue weighted by atomic mass is 9.90. The number of aromatic nitrogens is 4. The van der Waals surface area contributed by atoms with Gasteiger partial charge in [-0.2, -0.15) is 0 Å². The number of amides is 1. The summed E-state index contributed by atoms with van der Waals surface area (Å²) in [6.07, 6.45) is 3.97. The molecule has 0 unspecified atom stereocenters. The van der Waals surface area contributed by atoms with Gasteiger partial charge < -0.3 is 15.5 Å². The number of carbonyl (C=O) groups is 2. The predicted molar refractivity (Wildman–Crippen MR) is 134 cm³/mol. The number of hydrogen-bond donors (Lipinski definition) is 2. The van der Waals surface area contributed by atoms with Crippen LogP contribution in [0.3, 0.4) is 0 Å². The van der Waals surface area contributed by atoms with E-state index in [0.29, 0.717) is 54.8 Å². The molecule has 4 heterocycles. The number of fused-ring (bicyclic) bond motifs is 2. The van der Waals surface area contributed by atoms with E-state index in [1.807, 2.05) is 23.1 Å². The maximum Gasteiger partial charge on any atom is 0.271 e. The van der Waals surface area contributed by atoms with Crippen molar-refractivity contribution in [3.05, 3.63) is 65.4 Å². The van der Waals surface area contributed by atoms with Crippen molar-refractivity contribution >= 4 is 35.0 Å². The SMILES string of the molecule is CNc1cc(N2CCc3c(-c4ncc(C=O)cc4F)cccc32)nn2c(C(=O)N[C@@H]3CC[C@H]3F)cnc12. The fraction of sp³-hybridized carbons (Fsp3) is 0.269. The van der Waals surface area contributed by atoms with Crippen LogP contribution in [-0.4, -0.2) is 57.6 Å². The largest absolute Gasteiger partial charge is 0.385 e. The van der Waals surface area contributed by atoms with Crippen LogP contribution in [-0.2, 0) is 6.42 Å². The number of alkyl halides is 1. The number of pyridine rings is 1. The van der Waals surface area contributed by atoms with Gasteiger partial charge in [-0.3, -0.25) is 14.6 Å². The van der Waals surface area contributed by atoms with Crippen molar-refractivity contribution in [2.24, 2.45) is 0 Å². The van der Waals surface area contributed by atoms with Crippen molar-refractivity contribution < 1.29 is 18.4 Å². The molecule has 0 radical (unpaired) electrons. The van der Waals surface area contributed by atoms with E-state index in [4.69, 9.17) is 5.10 Å². The van der Waals surface area contributed by atoms with Gasteiger partial charge in [0.1, 0.15) is 17.7 Å². The van der Waals surface area contributed by atoms with Gasteiger partial charge in [0.2, 0.25) is 0 Å². The van der Waals surface area contributed by atoms with Crippen LogP contribution in [0.15, 0.2) is 42.7 Å². The lowest BCUT2D eigenvalue weighted by Crippen LogP contribution is -2.48. The van der Waals surface area contributed by atoms with Crippen molar-refractivity contribution in [2.45, 2.75) is 31.5 Å². The van der Waals surface area contributed by atoms with Crippen molar-refractivity contribution in [1.29, 1.82) is 0 Å². The Balaban J connectivity index is 1.40. The van der Waals surface area contributed by atoms with E-state index in [1.54, 1.807) is 13.1 Å². The standard InChI is InChI=1S/C26H23F2N7O2/c1-29-20-10-23(33-35-22(12-31-25(20)35)26(37)32-19-6-5-17(19)27)34-8-7-15-16(3-2-4-21(15)34)24-18(28)9-14(13-36)11-30-24/h2-4,9-13,17,19,29H,5-8H2,1H3,(H,32,37)/t17-,19-/m1/s1. The molecular formula is C26H23F2N7O2. The van der Waals surface area contributed by atoms with Crippen LogP contribution < -0.4 is 15.5 Å². The van der Waals surface area contributed by atoms with Crippen LogP contribution in [0.25, 0.3) is 16.9 Å². The number of halogens is 2. The summed E-state index contributed by atoms with van der Waals surface area (Å²) in [7, 11) is 1.75. The van der Waals surface area contributed by atoms with Gasteiger partial charge in [-0.15, -0.1) is 5.10 Å². The van der Waals surface area contributed by atoms with E-state index < -0.39 is 23.9 Å². The second-order valence-corrected chi connectivity index (χ2v) is 9.14. The summed E-state index contributed by atoms with van der Waals surface area (Å²) in [5, 5.41) is 10.6. The van der Waals surface area contributed by atoms with E-state index in [2.05, 4.69) is 20.6 Å². The zero-order valence-corrected chi connectivity index (χ0v) is 19.9. The number of benzene rings is 1. The highest BCUT2D eigenvalue weighted by Crippen LogP contribution is 2.40. The van der Waals surface area contributed by atoms with Gasteiger partial charge in [0.15, 0.2) is 23.4 Å². The molecular weight excluding hydrogens is 480 g/mol. The molecule has 2 N–H and O–H groups in total. The molecule has 2 aliphatic rings. The molecule has 1 amide bonds. The number of nitrogens with zero attached hydrogens (tertiary/aromatic N) is 5. The zero-order valence-electron chi connectivity index (χ0n) is 19.9. The smallest absolute Gasteiger partial charge is 0.271 e. The first-order chi connectivity index (χ1) is 18.0. The molecule has 2 atom stereocenters. The Labute approximate surface area is 210 Å². The predicted octanol–water partition coefficient (Wildman–Crippen LogP) is 3.71. The highest BCUT2D eigenvalue weighted by atomic mass is 19.1. The first-order valence-corrected chi connectivity index (χ1v) is 12.0. The Hall–Kier alpha value is -4.41. The van der Waals surface area contributed by atoms with Gasteiger partial charge in [-0.05, 0) is 37.0 Å². The minimum Gasteiger partial charge on any atom is -0.385 e. The Morgan fingerprint density at radius 3 is 2.76 bits per heavy atom. The number of hydrogen-bond acceptors (Lipinski definition) is 7. The van der Waals surface area contributed by atoms with Crippen LogP contribution in [0.4, 0.5) is 26.0 Å². The van der Waals surface area contributed by atoms with Crippen LogP contribution >= 0.6 is 0 Å². The average Bonchev–Trinajstić information content (AvgIpc) is 3.54. The molecule has 1 fully saturated rings. The minimum absolute atomic E-state index is 0.173. The van der Waals surface area contributed by atoms with Crippen LogP contribution in [0.2, 0.25) is 0 Å². The van der Waals surface area contributed by atoms with Gasteiger partial charge in [0, 0.05) is 42.7 Å². The normalized spacial score (nSPS) is 18.4. The lowest BCUT2D eigenvalue weighted by molar-refractivity contribution is 0.0817. The molecule has 1 saturated carbocycles. The quantitative estimate of drug-likeness (QED) is 0.387. The summed E-state index contributed by atoms with van der Waals surface area (Å²) >= 11 is 0. The Kier molecular flexibility index (Phi) is 5.54. The fourth-order valence-corrected chi connectivity index (χ4v) is 4.90. The van der Waals surface area contributed by atoms with E-state index in [1.165, 1.54) is 23.0 Å². The third kappa shape index (κ3) is 3.78. The minimum atomic E-state index is -1.04. The van der Waals surface area contributed by atoms with Crippen LogP contribution in [0, 0.1) is 5.82 Å². The second kappa shape index (κ2) is 8.91. The molecule has 4 aromatic rings. The first-order valence-electron chi connectivity index (χ1n) is 12.0. The molecule has 0 bridgehead atoms. The Morgan fingerprint density at radius 1 is 1.19 bits per heavy atom. The van der Waals surface area contributed by atoms with E-state index in [-0.39, 0.29) is 17.0 Å². The molecule has 9 nitrogen and oxygen atoms in total. The second-order valence-electron chi connectivity index (χ2n) is 9.14. The van der Waals surface area contributed by atoms with Gasteiger partial charge in [0.05, 0.1) is 17.9 Å². The van der Waals surface area contributed by atoms with Crippen molar-refractivity contribution in [1.82, 2.24) is 24.9 Å². The zero-order chi connectivity index (χ0) is 25.7. The monoisotopic (exact) mass is 503 g/mol. The summed E-state index contributed by atoms with van der Waals surface area (Å²) in [5.41, 5.74) is 4.09. The number of carbonyl (C=O) groups excluding carboxylic acids is 2. The van der Waals surface area contributed by atoms with Crippen molar-refractivity contribution in [3.8, 4) is 11.3 Å². The van der Waals surface area contributed by atoms with Gasteiger partial charge in [-0.25, -0.2) is 18.3 Å². The lowest BCUT2D eigenvalue weighted by Gasteiger charge is -2.30. The third-order valence-corrected chi connectivity index (χ3v) is 7.02. The maximum atomic E-state index is 14.8. The highest BCUT2D eigenvalue weighted by Gasteiger charge is 2.33. The molecule has 37 heavy (non-hydrogen) atoms. The van der Waals surface area contributed by atoms with Crippen molar-refractivity contribution in [3.63, 3.8) is 0 Å². The number of rotatable bonds is 6. The summed E-state index contributed by atoms with van der Waals surface area (Å²) in [6, 6.07) is 8.07. The number of imidazole rings is 1. The summed E-state index contributed by atoms with van der Waals surface area (Å²) in [4.78, 5) is 34.4. The molecule has 188 valence electrons. The van der Waals surface area contributed by atoms with Gasteiger partial charge in [0.25, 0.3) is 5.91 Å². The molecule has 0 spiro atoms. The van der Waals surface area contributed by atoms with Crippen LogP contribution in [0.1, 0.15) is 39.3 Å². The van der Waals surface area contributed by atoms with E-state index in [0.717, 1.165) is 11.3 Å². The van der Waals surface area contributed by atoms with Gasteiger partial charge >= 0.3 is 0 Å². The van der Waals surface area contributed by atoms with E-state index >= 15 is 0 Å². The molecule has 0 saturated heterocycles. The number of nitrogens with one attached hydrogen (secondary N) is 2. The number of aldehydes is 1. The fourth-order valence-electron chi connectivity index (χ4n) is 4.90. The molecule has 1 aliphatic heterocycles. The van der Waals surface area contributed by atoms with E-state index in [9.17, 15) is 18.4 Å². The van der Waals surface area contributed by atoms with Crippen LogP contribution in [0.5, 0.6) is 0 Å². The summed E-state index contributed by atoms with van der Waals surface area (Å²) in [6.45, 7) is 0.573. The summed E-state index contributed by atoms with van der Waals surface area (Å²) in [5.74, 6) is -0.433. The number of anilines is 3. The average molecular weight is 504 g/mol. The topological polar surface area (TPSA) is 105 Å².